The van der Waals surface area contributed by atoms with Gasteiger partial charge in [-0.15, -0.1) is 0 Å². The van der Waals surface area contributed by atoms with Crippen molar-refractivity contribution in [2.75, 3.05) is 6.61 Å². The summed E-state index contributed by atoms with van der Waals surface area (Å²) in [5.74, 6) is -41.1. The van der Waals surface area contributed by atoms with Gasteiger partial charge in [0.15, 0.2) is 0 Å². The monoisotopic (exact) mass is 526 g/mol. The molecule has 0 saturated heterocycles. The first-order valence-electron chi connectivity index (χ1n) is 9.33. The smallest absolute Gasteiger partial charge is 0.460 e. The van der Waals surface area contributed by atoms with Crippen molar-refractivity contribution in [3.63, 3.8) is 0 Å². The van der Waals surface area contributed by atoms with Crippen molar-refractivity contribution in [2.24, 2.45) is 11.8 Å². The Morgan fingerprint density at radius 1 is 0.735 bits per heavy atom. The summed E-state index contributed by atoms with van der Waals surface area (Å²) in [5, 5.41) is 10.0. The van der Waals surface area contributed by atoms with Gasteiger partial charge in [0.1, 0.15) is 5.75 Å². The Morgan fingerprint density at radius 2 is 1.21 bits per heavy atom. The summed E-state index contributed by atoms with van der Waals surface area (Å²) >= 11 is 0. The van der Waals surface area contributed by atoms with Crippen molar-refractivity contribution in [3.8, 4) is 5.75 Å². The molecule has 0 fully saturated rings. The number of rotatable bonds is 10. The highest BCUT2D eigenvalue weighted by Crippen LogP contribution is 2.62. The maximum absolute atomic E-state index is 14.3. The Morgan fingerprint density at radius 3 is 1.65 bits per heavy atom. The molecular weight excluding hydrogens is 507 g/mol. The van der Waals surface area contributed by atoms with Crippen LogP contribution < -0.4 is 4.74 Å². The van der Waals surface area contributed by atoms with Gasteiger partial charge in [-0.1, -0.05) is 32.9 Å². The Bertz CT molecular complexity index is 834. The fourth-order valence-corrected chi connectivity index (χ4v) is 2.61. The highest BCUT2D eigenvalue weighted by molar-refractivity contribution is 5.30. The van der Waals surface area contributed by atoms with E-state index < -0.39 is 53.4 Å². The van der Waals surface area contributed by atoms with Crippen molar-refractivity contribution in [2.45, 2.75) is 62.7 Å². The standard InChI is InChI=1S/C19H19F13O2/c1-9(2)8-34-12-6-4-5-11(7-12)13(33)10(3)14(20,21)15(22,23)16(24,25)17(26,27)18(28,29)19(30,31)32/h4-7,9-10,13,33H,8H2,1-3H3. The van der Waals surface area contributed by atoms with Crippen LogP contribution in [0.4, 0.5) is 57.1 Å². The van der Waals surface area contributed by atoms with Gasteiger partial charge in [0.2, 0.25) is 0 Å². The summed E-state index contributed by atoms with van der Waals surface area (Å²) in [4.78, 5) is 0. The minimum absolute atomic E-state index is 0.00362. The molecule has 2 atom stereocenters. The minimum Gasteiger partial charge on any atom is -0.493 e. The molecule has 1 N–H and O–H groups in total. The minimum atomic E-state index is -7.99. The van der Waals surface area contributed by atoms with Gasteiger partial charge >= 0.3 is 35.8 Å². The fraction of sp³-hybridized carbons (Fsp3) is 0.684. The van der Waals surface area contributed by atoms with Gasteiger partial charge in [0.25, 0.3) is 0 Å². The van der Waals surface area contributed by atoms with Crippen molar-refractivity contribution < 1.29 is 66.9 Å². The average molecular weight is 526 g/mol. The highest BCUT2D eigenvalue weighted by atomic mass is 19.4. The molecule has 0 saturated carbocycles. The van der Waals surface area contributed by atoms with Crippen molar-refractivity contribution >= 4 is 0 Å². The second-order valence-corrected chi connectivity index (χ2v) is 7.93. The molecule has 0 aliphatic heterocycles. The number of aliphatic hydroxyl groups is 1. The lowest BCUT2D eigenvalue weighted by atomic mass is 9.83. The first-order chi connectivity index (χ1) is 15.0. The quantitative estimate of drug-likeness (QED) is 0.329. The third-order valence-electron chi connectivity index (χ3n) is 4.79. The first-order valence-corrected chi connectivity index (χ1v) is 9.33. The molecule has 2 nitrogen and oxygen atoms in total. The van der Waals surface area contributed by atoms with Gasteiger partial charge < -0.3 is 9.84 Å². The van der Waals surface area contributed by atoms with Gasteiger partial charge in [-0.05, 0) is 23.6 Å². The van der Waals surface area contributed by atoms with Crippen molar-refractivity contribution in [1.82, 2.24) is 0 Å². The van der Waals surface area contributed by atoms with Crippen molar-refractivity contribution in [3.05, 3.63) is 29.8 Å². The lowest BCUT2D eigenvalue weighted by Gasteiger charge is -2.42. The van der Waals surface area contributed by atoms with Crippen molar-refractivity contribution in [1.29, 1.82) is 0 Å². The van der Waals surface area contributed by atoms with Crippen LogP contribution in [-0.4, -0.2) is 47.5 Å². The Kier molecular flexibility index (Phi) is 8.20. The maximum atomic E-state index is 14.3. The number of ether oxygens (including phenoxy) is 1. The van der Waals surface area contributed by atoms with Crippen LogP contribution in [0.25, 0.3) is 0 Å². The molecule has 15 heteroatoms. The van der Waals surface area contributed by atoms with E-state index >= 15 is 0 Å². The van der Waals surface area contributed by atoms with E-state index in [1.165, 1.54) is 6.07 Å². The lowest BCUT2D eigenvalue weighted by molar-refractivity contribution is -0.444. The van der Waals surface area contributed by atoms with Gasteiger partial charge in [-0.25, -0.2) is 0 Å². The van der Waals surface area contributed by atoms with Crippen LogP contribution >= 0.6 is 0 Å². The summed E-state index contributed by atoms with van der Waals surface area (Å²) in [7, 11) is 0. The van der Waals surface area contributed by atoms with E-state index in [1.807, 2.05) is 0 Å². The van der Waals surface area contributed by atoms with Gasteiger partial charge in [-0.2, -0.15) is 57.1 Å². The SMILES string of the molecule is CC(C)COc1cccc(C(O)C(C)C(F)(F)C(F)(F)C(F)(F)C(F)(F)C(F)(F)C(F)(F)F)c1. The predicted octanol–water partition coefficient (Wildman–Crippen LogP) is 7.13. The molecule has 2 unspecified atom stereocenters. The molecule has 0 bridgehead atoms. The van der Waals surface area contributed by atoms with Gasteiger partial charge in [-0.3, -0.25) is 0 Å². The van der Waals surface area contributed by atoms with E-state index in [9.17, 15) is 62.2 Å². The summed E-state index contributed by atoms with van der Waals surface area (Å²) in [6.45, 7) is 3.48. The molecular formula is C19H19F13O2. The number of hydrogen-bond acceptors (Lipinski definition) is 2. The summed E-state index contributed by atoms with van der Waals surface area (Å²) in [6, 6.07) is 4.00. The third-order valence-corrected chi connectivity index (χ3v) is 4.79. The Labute approximate surface area is 184 Å². The van der Waals surface area contributed by atoms with E-state index in [-0.39, 0.29) is 25.2 Å². The fourth-order valence-electron chi connectivity index (χ4n) is 2.61. The molecule has 1 aromatic rings. The summed E-state index contributed by atoms with van der Waals surface area (Å²) < 4.78 is 178. The highest BCUT2D eigenvalue weighted by Gasteiger charge is 2.91. The van der Waals surface area contributed by atoms with Crippen LogP contribution in [0.3, 0.4) is 0 Å². The number of aliphatic hydroxyl groups excluding tert-OH is 1. The zero-order chi connectivity index (χ0) is 27.1. The molecule has 0 aliphatic carbocycles. The summed E-state index contributed by atoms with van der Waals surface area (Å²) in [6.07, 6.45) is -10.3. The molecule has 0 radical (unpaired) electrons. The average Bonchev–Trinajstić information content (AvgIpc) is 2.69. The number of alkyl halides is 13. The van der Waals surface area contributed by atoms with E-state index in [1.54, 1.807) is 13.8 Å². The normalized spacial score (nSPS) is 16.5. The van der Waals surface area contributed by atoms with E-state index in [2.05, 4.69) is 0 Å². The van der Waals surface area contributed by atoms with E-state index in [4.69, 9.17) is 4.74 Å². The van der Waals surface area contributed by atoms with E-state index in [0.717, 1.165) is 18.2 Å². The Balaban J connectivity index is 3.39. The molecule has 0 amide bonds. The van der Waals surface area contributed by atoms with Crippen LogP contribution in [0, 0.1) is 11.8 Å². The number of benzene rings is 1. The molecule has 0 aromatic heterocycles. The molecule has 198 valence electrons. The lowest BCUT2D eigenvalue weighted by Crippen LogP contribution is -2.71. The number of hydrogen-bond donors (Lipinski definition) is 1. The third kappa shape index (κ3) is 4.89. The van der Waals surface area contributed by atoms with E-state index in [0.29, 0.717) is 0 Å². The second kappa shape index (κ2) is 9.26. The maximum Gasteiger partial charge on any atom is 0.460 e. The molecule has 0 heterocycles. The topological polar surface area (TPSA) is 29.5 Å². The predicted molar refractivity (Wildman–Crippen MR) is 91.7 cm³/mol. The molecule has 34 heavy (non-hydrogen) atoms. The van der Waals surface area contributed by atoms with Gasteiger partial charge in [0.05, 0.1) is 18.6 Å². The number of halogens is 13. The molecule has 1 aromatic carbocycles. The first kappa shape index (κ1) is 30.1. The zero-order valence-electron chi connectivity index (χ0n) is 17.5. The second-order valence-electron chi connectivity index (χ2n) is 7.93. The molecule has 0 aliphatic rings. The van der Waals surface area contributed by atoms with Gasteiger partial charge in [0, 0.05) is 0 Å². The van der Waals surface area contributed by atoms with Crippen LogP contribution in [0.15, 0.2) is 24.3 Å². The summed E-state index contributed by atoms with van der Waals surface area (Å²) in [5.41, 5.74) is -0.639. The Hall–Kier alpha value is -1.93. The largest absolute Gasteiger partial charge is 0.493 e. The van der Waals surface area contributed by atoms with Crippen LogP contribution in [0.5, 0.6) is 5.75 Å². The van der Waals surface area contributed by atoms with Crippen LogP contribution in [0.1, 0.15) is 32.4 Å². The molecule has 0 spiro atoms. The van der Waals surface area contributed by atoms with Crippen LogP contribution in [0.2, 0.25) is 0 Å². The van der Waals surface area contributed by atoms with Crippen LogP contribution in [-0.2, 0) is 0 Å². The zero-order valence-corrected chi connectivity index (χ0v) is 17.5. The molecule has 1 rings (SSSR count).